The van der Waals surface area contributed by atoms with E-state index < -0.39 is 21.6 Å². The summed E-state index contributed by atoms with van der Waals surface area (Å²) in [5.74, 6) is -1.00. The number of hydrogen-bond donors (Lipinski definition) is 1. The summed E-state index contributed by atoms with van der Waals surface area (Å²) in [4.78, 5) is 12.2. The zero-order valence-electron chi connectivity index (χ0n) is 15.0. The molecule has 0 saturated carbocycles. The van der Waals surface area contributed by atoms with Gasteiger partial charge in [0.2, 0.25) is 5.91 Å². The maximum atomic E-state index is 14.0. The number of nitrogens with two attached hydrogens (primary N) is 1. The zero-order chi connectivity index (χ0) is 20.1. The van der Waals surface area contributed by atoms with Gasteiger partial charge < -0.3 is 10.3 Å². The smallest absolute Gasteiger partial charge is 0.249 e. The maximum absolute atomic E-state index is 14.0. The second kappa shape index (κ2) is 6.45. The third-order valence-electron chi connectivity index (χ3n) is 4.82. The van der Waals surface area contributed by atoms with E-state index in [1.165, 1.54) is 12.1 Å². The van der Waals surface area contributed by atoms with E-state index in [4.69, 9.17) is 5.73 Å². The van der Waals surface area contributed by atoms with E-state index in [9.17, 15) is 17.6 Å². The van der Waals surface area contributed by atoms with E-state index in [-0.39, 0.29) is 11.4 Å². The number of carbonyl (C=O) groups is 1. The molecule has 1 aromatic heterocycles. The molecule has 0 saturated heterocycles. The molecule has 142 valence electrons. The quantitative estimate of drug-likeness (QED) is 0.573. The van der Waals surface area contributed by atoms with E-state index in [2.05, 4.69) is 0 Å². The first-order chi connectivity index (χ1) is 13.3. The molecule has 0 aliphatic rings. The van der Waals surface area contributed by atoms with Gasteiger partial charge in [0.1, 0.15) is 5.82 Å². The second-order valence-corrected chi connectivity index (χ2v) is 8.68. The number of aromatic nitrogens is 1. The van der Waals surface area contributed by atoms with E-state index in [1.807, 2.05) is 10.6 Å². The average Bonchev–Trinajstić information content (AvgIpc) is 2.94. The van der Waals surface area contributed by atoms with Gasteiger partial charge in [-0.15, -0.1) is 0 Å². The van der Waals surface area contributed by atoms with Gasteiger partial charge in [-0.3, -0.25) is 4.79 Å². The molecule has 0 bridgehead atoms. The lowest BCUT2D eigenvalue weighted by Gasteiger charge is -2.12. The number of hydrogen-bond acceptors (Lipinski definition) is 3. The van der Waals surface area contributed by atoms with Crippen molar-refractivity contribution < 1.29 is 17.6 Å². The summed E-state index contributed by atoms with van der Waals surface area (Å²) in [5, 5.41) is 1.31. The Bertz CT molecular complexity index is 1360. The topological polar surface area (TPSA) is 82.2 Å². The highest BCUT2D eigenvalue weighted by atomic mass is 32.2. The molecule has 0 radical (unpaired) electrons. The van der Waals surface area contributed by atoms with Crippen molar-refractivity contribution in [3.63, 3.8) is 0 Å². The molecule has 1 heterocycles. The van der Waals surface area contributed by atoms with Gasteiger partial charge in [-0.05, 0) is 42.0 Å². The number of rotatable bonds is 4. The summed E-state index contributed by atoms with van der Waals surface area (Å²) in [6.07, 6.45) is 1.16. The fourth-order valence-corrected chi connectivity index (χ4v) is 4.59. The monoisotopic (exact) mass is 396 g/mol. The number of nitrogens with zero attached hydrogens (tertiary/aromatic N) is 1. The highest BCUT2D eigenvalue weighted by molar-refractivity contribution is 7.90. The lowest BCUT2D eigenvalue weighted by molar-refractivity contribution is 0.100. The van der Waals surface area contributed by atoms with Crippen LogP contribution in [-0.4, -0.2) is 25.1 Å². The van der Waals surface area contributed by atoms with Crippen LogP contribution in [0.25, 0.3) is 21.8 Å². The van der Waals surface area contributed by atoms with E-state index >= 15 is 0 Å². The maximum Gasteiger partial charge on any atom is 0.249 e. The number of fused-ring (bicyclic) bond motifs is 3. The minimum atomic E-state index is -3.43. The van der Waals surface area contributed by atoms with Crippen LogP contribution in [0.4, 0.5) is 4.39 Å². The zero-order valence-corrected chi connectivity index (χ0v) is 15.8. The fraction of sp³-hybridized carbons (Fsp3) is 0.0952. The SMILES string of the molecule is CS(=O)(=O)c1ccccc1Cn1c2cc(F)ccc2c2c(C(N)=O)cccc21. The van der Waals surface area contributed by atoms with Crippen molar-refractivity contribution in [2.24, 2.45) is 5.73 Å². The third-order valence-corrected chi connectivity index (χ3v) is 6.02. The molecule has 0 spiro atoms. The molecule has 4 rings (SSSR count). The minimum Gasteiger partial charge on any atom is -0.366 e. The Balaban J connectivity index is 2.06. The van der Waals surface area contributed by atoms with Crippen molar-refractivity contribution in [2.45, 2.75) is 11.4 Å². The van der Waals surface area contributed by atoms with Crippen molar-refractivity contribution >= 4 is 37.6 Å². The van der Waals surface area contributed by atoms with Crippen LogP contribution in [0.3, 0.4) is 0 Å². The lowest BCUT2D eigenvalue weighted by atomic mass is 10.1. The molecule has 0 unspecified atom stereocenters. The van der Waals surface area contributed by atoms with Gasteiger partial charge in [0.15, 0.2) is 9.84 Å². The number of primary amides is 1. The summed E-state index contributed by atoms with van der Waals surface area (Å²) in [6, 6.07) is 16.2. The first-order valence-electron chi connectivity index (χ1n) is 8.55. The summed E-state index contributed by atoms with van der Waals surface area (Å²) < 4.78 is 40.2. The van der Waals surface area contributed by atoms with Gasteiger partial charge in [-0.1, -0.05) is 24.3 Å². The highest BCUT2D eigenvalue weighted by Crippen LogP contribution is 2.33. The first kappa shape index (κ1) is 18.2. The van der Waals surface area contributed by atoms with Crippen molar-refractivity contribution in [3.8, 4) is 0 Å². The molecule has 0 aliphatic carbocycles. The molecule has 0 fully saturated rings. The number of sulfone groups is 1. The van der Waals surface area contributed by atoms with Gasteiger partial charge in [-0.25, -0.2) is 12.8 Å². The molecule has 5 nitrogen and oxygen atoms in total. The van der Waals surface area contributed by atoms with Crippen LogP contribution < -0.4 is 5.73 Å². The van der Waals surface area contributed by atoms with Crippen LogP contribution >= 0.6 is 0 Å². The summed E-state index contributed by atoms with van der Waals surface area (Å²) in [6.45, 7) is 0.203. The Morgan fingerprint density at radius 1 is 1.04 bits per heavy atom. The minimum absolute atomic E-state index is 0.203. The average molecular weight is 396 g/mol. The molecule has 0 aliphatic heterocycles. The van der Waals surface area contributed by atoms with E-state index in [1.54, 1.807) is 42.5 Å². The number of halogens is 1. The van der Waals surface area contributed by atoms with Crippen LogP contribution in [0.5, 0.6) is 0 Å². The van der Waals surface area contributed by atoms with Gasteiger partial charge in [0.25, 0.3) is 0 Å². The Hall–Kier alpha value is -3.19. The van der Waals surface area contributed by atoms with Crippen LogP contribution in [-0.2, 0) is 16.4 Å². The predicted molar refractivity (Wildman–Crippen MR) is 107 cm³/mol. The van der Waals surface area contributed by atoms with Crippen LogP contribution in [0, 0.1) is 5.82 Å². The van der Waals surface area contributed by atoms with Gasteiger partial charge >= 0.3 is 0 Å². The Morgan fingerprint density at radius 3 is 2.50 bits per heavy atom. The highest BCUT2D eigenvalue weighted by Gasteiger charge is 2.19. The van der Waals surface area contributed by atoms with Gasteiger partial charge in [0, 0.05) is 29.1 Å². The standard InChI is InChI=1S/C21H17FN2O3S/c1-28(26,27)19-8-3-2-5-13(19)12-24-17-7-4-6-16(21(23)25)20(17)15-10-9-14(22)11-18(15)24/h2-11H,12H2,1H3,(H2,23,25). The number of benzene rings is 3. The Labute approximate surface area is 161 Å². The van der Waals surface area contributed by atoms with Crippen LogP contribution in [0.15, 0.2) is 65.6 Å². The Kier molecular flexibility index (Phi) is 4.19. The molecule has 7 heteroatoms. The molecule has 28 heavy (non-hydrogen) atoms. The number of carbonyl (C=O) groups excluding carboxylic acids is 1. The molecule has 2 N–H and O–H groups in total. The van der Waals surface area contributed by atoms with Gasteiger partial charge in [-0.2, -0.15) is 0 Å². The predicted octanol–water partition coefficient (Wildman–Crippen LogP) is 3.48. The summed E-state index contributed by atoms with van der Waals surface area (Å²) in [5.41, 5.74) is 7.70. The van der Waals surface area contributed by atoms with Crippen molar-refractivity contribution in [1.82, 2.24) is 4.57 Å². The third kappa shape index (κ3) is 2.93. The lowest BCUT2D eigenvalue weighted by Crippen LogP contribution is -2.11. The fourth-order valence-electron chi connectivity index (χ4n) is 3.66. The number of amides is 1. The van der Waals surface area contributed by atoms with Crippen LogP contribution in [0.2, 0.25) is 0 Å². The first-order valence-corrected chi connectivity index (χ1v) is 10.4. The van der Waals surface area contributed by atoms with Crippen molar-refractivity contribution in [1.29, 1.82) is 0 Å². The van der Waals surface area contributed by atoms with Crippen molar-refractivity contribution in [2.75, 3.05) is 6.26 Å². The van der Waals surface area contributed by atoms with Gasteiger partial charge in [0.05, 0.1) is 15.9 Å². The molecule has 0 atom stereocenters. The molecular weight excluding hydrogens is 379 g/mol. The van der Waals surface area contributed by atoms with Crippen LogP contribution in [0.1, 0.15) is 15.9 Å². The summed E-state index contributed by atoms with van der Waals surface area (Å²) >= 11 is 0. The summed E-state index contributed by atoms with van der Waals surface area (Å²) in [7, 11) is -3.43. The largest absolute Gasteiger partial charge is 0.366 e. The molecule has 1 amide bonds. The van der Waals surface area contributed by atoms with E-state index in [0.717, 1.165) is 6.26 Å². The second-order valence-electron chi connectivity index (χ2n) is 6.69. The Morgan fingerprint density at radius 2 is 1.79 bits per heavy atom. The molecule has 4 aromatic rings. The van der Waals surface area contributed by atoms with E-state index in [0.29, 0.717) is 32.9 Å². The molecule has 3 aromatic carbocycles. The van der Waals surface area contributed by atoms with Crippen molar-refractivity contribution in [3.05, 3.63) is 77.6 Å². The molecular formula is C21H17FN2O3S. The normalized spacial score (nSPS) is 11.9.